The topological polar surface area (TPSA) is 37.3 Å². The third-order valence-corrected chi connectivity index (χ3v) is 3.47. The van der Waals surface area contributed by atoms with E-state index < -0.39 is 40.7 Å². The Hall–Kier alpha value is -1.52. The van der Waals surface area contributed by atoms with Crippen LogP contribution in [0.5, 0.6) is 0 Å². The Balaban J connectivity index is 2.44. The van der Waals surface area contributed by atoms with Gasteiger partial charge in [-0.05, 0) is 17.0 Å². The van der Waals surface area contributed by atoms with Crippen LogP contribution in [0.3, 0.4) is 0 Å². The molecular formula is C12H11F3O2. The molecule has 1 fully saturated rings. The maximum Gasteiger partial charge on any atom is 0.307 e. The number of hydrogen-bond donors (Lipinski definition) is 1. The predicted octanol–water partition coefficient (Wildman–Crippen LogP) is 2.93. The lowest BCUT2D eigenvalue weighted by atomic mass is 10.0. The second-order valence-corrected chi connectivity index (χ2v) is 4.90. The van der Waals surface area contributed by atoms with Gasteiger partial charge in [-0.1, -0.05) is 13.8 Å². The van der Waals surface area contributed by atoms with E-state index >= 15 is 0 Å². The van der Waals surface area contributed by atoms with Gasteiger partial charge < -0.3 is 5.11 Å². The number of rotatable bonds is 2. The Bertz CT molecular complexity index is 497. The number of carboxylic acid groups (broad SMARTS) is 1. The van der Waals surface area contributed by atoms with Crippen molar-refractivity contribution in [3.8, 4) is 0 Å². The zero-order valence-electron chi connectivity index (χ0n) is 9.30. The lowest BCUT2D eigenvalue weighted by molar-refractivity contribution is -0.139. The minimum atomic E-state index is -1.27. The maximum atomic E-state index is 13.5. The van der Waals surface area contributed by atoms with E-state index in [1.165, 1.54) is 0 Å². The Morgan fingerprint density at radius 3 is 2.18 bits per heavy atom. The normalized spacial score (nSPS) is 25.7. The van der Waals surface area contributed by atoms with Crippen molar-refractivity contribution in [3.05, 3.63) is 35.1 Å². The molecule has 0 unspecified atom stereocenters. The molecule has 0 amide bonds. The Morgan fingerprint density at radius 2 is 1.71 bits per heavy atom. The summed E-state index contributed by atoms with van der Waals surface area (Å²) in [6.07, 6.45) is 0. The highest BCUT2D eigenvalue weighted by molar-refractivity contribution is 5.77. The van der Waals surface area contributed by atoms with Crippen LogP contribution < -0.4 is 0 Å². The van der Waals surface area contributed by atoms with Crippen molar-refractivity contribution in [2.24, 2.45) is 11.3 Å². The summed E-state index contributed by atoms with van der Waals surface area (Å²) >= 11 is 0. The highest BCUT2D eigenvalue weighted by atomic mass is 19.2. The van der Waals surface area contributed by atoms with Gasteiger partial charge in [0.25, 0.3) is 0 Å². The second kappa shape index (κ2) is 3.48. The van der Waals surface area contributed by atoms with Crippen molar-refractivity contribution in [1.29, 1.82) is 0 Å². The molecule has 1 saturated carbocycles. The number of benzene rings is 1. The molecule has 92 valence electrons. The number of halogens is 3. The van der Waals surface area contributed by atoms with Crippen molar-refractivity contribution in [3.63, 3.8) is 0 Å². The fourth-order valence-electron chi connectivity index (χ4n) is 2.46. The summed E-state index contributed by atoms with van der Waals surface area (Å²) in [6.45, 7) is 3.33. The standard InChI is InChI=1S/C12H11F3O2/c1-12(2)9(10(12)11(16)17)5-3-7(14)8(15)4-6(5)13/h3-4,9-10H,1-2H3,(H,16,17)/t9-,10+/m1/s1. The molecule has 2 atom stereocenters. The molecule has 17 heavy (non-hydrogen) atoms. The van der Waals surface area contributed by atoms with Crippen molar-refractivity contribution in [1.82, 2.24) is 0 Å². The first-order chi connectivity index (χ1) is 7.76. The van der Waals surface area contributed by atoms with Crippen LogP contribution in [0.25, 0.3) is 0 Å². The smallest absolute Gasteiger partial charge is 0.307 e. The van der Waals surface area contributed by atoms with Crippen LogP contribution >= 0.6 is 0 Å². The van der Waals surface area contributed by atoms with E-state index in [-0.39, 0.29) is 5.56 Å². The zero-order valence-corrected chi connectivity index (χ0v) is 9.30. The first kappa shape index (κ1) is 12.0. The van der Waals surface area contributed by atoms with Crippen LogP contribution in [0, 0.1) is 28.8 Å². The van der Waals surface area contributed by atoms with E-state index in [0.29, 0.717) is 6.07 Å². The van der Waals surface area contributed by atoms with E-state index in [1.54, 1.807) is 13.8 Å². The summed E-state index contributed by atoms with van der Waals surface area (Å²) < 4.78 is 39.3. The van der Waals surface area contributed by atoms with Crippen LogP contribution in [-0.2, 0) is 4.79 Å². The lowest BCUT2D eigenvalue weighted by Gasteiger charge is -2.05. The molecule has 1 aromatic carbocycles. The third-order valence-electron chi connectivity index (χ3n) is 3.47. The molecule has 2 nitrogen and oxygen atoms in total. The first-order valence-electron chi connectivity index (χ1n) is 5.14. The average Bonchev–Trinajstić information content (AvgIpc) is 2.75. The molecule has 1 aromatic rings. The monoisotopic (exact) mass is 244 g/mol. The Kier molecular flexibility index (Phi) is 2.45. The Morgan fingerprint density at radius 1 is 1.18 bits per heavy atom. The highest BCUT2D eigenvalue weighted by Crippen LogP contribution is 2.64. The molecule has 0 aliphatic heterocycles. The van der Waals surface area contributed by atoms with Gasteiger partial charge in [-0.25, -0.2) is 13.2 Å². The summed E-state index contributed by atoms with van der Waals surface area (Å²) in [6, 6.07) is 1.21. The number of aliphatic carboxylic acids is 1. The Labute approximate surface area is 96.1 Å². The minimum Gasteiger partial charge on any atom is -0.481 e. The summed E-state index contributed by atoms with van der Waals surface area (Å²) in [5, 5.41) is 8.95. The van der Waals surface area contributed by atoms with Crippen molar-refractivity contribution in [2.45, 2.75) is 19.8 Å². The molecule has 0 bridgehead atoms. The van der Waals surface area contributed by atoms with E-state index in [0.717, 1.165) is 6.07 Å². The molecule has 1 aliphatic carbocycles. The van der Waals surface area contributed by atoms with Gasteiger partial charge in [-0.15, -0.1) is 0 Å². The van der Waals surface area contributed by atoms with Crippen molar-refractivity contribution < 1.29 is 23.1 Å². The number of carbonyl (C=O) groups is 1. The van der Waals surface area contributed by atoms with E-state index in [1.807, 2.05) is 0 Å². The van der Waals surface area contributed by atoms with Gasteiger partial charge >= 0.3 is 5.97 Å². The highest BCUT2D eigenvalue weighted by Gasteiger charge is 2.63. The molecular weight excluding hydrogens is 233 g/mol. The fourth-order valence-corrected chi connectivity index (χ4v) is 2.46. The number of carboxylic acids is 1. The minimum absolute atomic E-state index is 0.0682. The van der Waals surface area contributed by atoms with Crippen molar-refractivity contribution in [2.75, 3.05) is 0 Å². The van der Waals surface area contributed by atoms with Crippen LogP contribution in [0.15, 0.2) is 12.1 Å². The maximum absolute atomic E-state index is 13.5. The van der Waals surface area contributed by atoms with Gasteiger partial charge in [0, 0.05) is 12.0 Å². The van der Waals surface area contributed by atoms with Gasteiger partial charge in [0.1, 0.15) is 5.82 Å². The van der Waals surface area contributed by atoms with E-state index in [4.69, 9.17) is 5.11 Å². The molecule has 0 spiro atoms. The molecule has 1 aliphatic rings. The SMILES string of the molecule is CC1(C)[C@H](C(=O)O)[C@H]1c1cc(F)c(F)cc1F. The first-order valence-corrected chi connectivity index (χ1v) is 5.14. The zero-order chi connectivity index (χ0) is 13.0. The van der Waals surface area contributed by atoms with Crippen LogP contribution in [0.2, 0.25) is 0 Å². The summed E-state index contributed by atoms with van der Waals surface area (Å²) in [4.78, 5) is 10.9. The van der Waals surface area contributed by atoms with E-state index in [2.05, 4.69) is 0 Å². The van der Waals surface area contributed by atoms with Crippen LogP contribution in [0.4, 0.5) is 13.2 Å². The molecule has 0 aromatic heterocycles. The van der Waals surface area contributed by atoms with Gasteiger partial charge in [-0.2, -0.15) is 0 Å². The molecule has 5 heteroatoms. The molecule has 0 saturated heterocycles. The average molecular weight is 244 g/mol. The number of hydrogen-bond acceptors (Lipinski definition) is 1. The predicted molar refractivity (Wildman–Crippen MR) is 54.0 cm³/mol. The van der Waals surface area contributed by atoms with E-state index in [9.17, 15) is 18.0 Å². The second-order valence-electron chi connectivity index (χ2n) is 4.90. The van der Waals surface area contributed by atoms with Gasteiger partial charge in [0.15, 0.2) is 11.6 Å². The van der Waals surface area contributed by atoms with Gasteiger partial charge in [-0.3, -0.25) is 4.79 Å². The van der Waals surface area contributed by atoms with Crippen molar-refractivity contribution >= 4 is 5.97 Å². The third kappa shape index (κ3) is 1.69. The molecule has 0 radical (unpaired) electrons. The largest absolute Gasteiger partial charge is 0.481 e. The van der Waals surface area contributed by atoms with Gasteiger partial charge in [0.05, 0.1) is 5.92 Å². The summed E-state index contributed by atoms with van der Waals surface area (Å²) in [5.41, 5.74) is -0.710. The lowest BCUT2D eigenvalue weighted by Crippen LogP contribution is -2.03. The molecule has 2 rings (SSSR count). The van der Waals surface area contributed by atoms with Crippen LogP contribution in [0.1, 0.15) is 25.3 Å². The molecule has 0 heterocycles. The molecule has 1 N–H and O–H groups in total. The quantitative estimate of drug-likeness (QED) is 0.812. The van der Waals surface area contributed by atoms with Crippen LogP contribution in [-0.4, -0.2) is 11.1 Å². The fraction of sp³-hybridized carbons (Fsp3) is 0.417. The van der Waals surface area contributed by atoms with Gasteiger partial charge in [0.2, 0.25) is 0 Å². The summed E-state index contributed by atoms with van der Waals surface area (Å²) in [7, 11) is 0. The summed E-state index contributed by atoms with van der Waals surface area (Å²) in [5.74, 6) is -5.75.